The summed E-state index contributed by atoms with van der Waals surface area (Å²) < 4.78 is 11.4. The molecule has 0 rings (SSSR count). The van der Waals surface area contributed by atoms with E-state index in [0.29, 0.717) is 0 Å². The molecule has 8 heavy (non-hydrogen) atoms. The van der Waals surface area contributed by atoms with E-state index in [-0.39, 0.29) is 6.67 Å². The summed E-state index contributed by atoms with van der Waals surface area (Å²) >= 11 is 0. The molecule has 50 valence electrons. The maximum atomic E-state index is 11.4. The average molecular weight is 118 g/mol. The minimum absolute atomic E-state index is 0.135. The van der Waals surface area contributed by atoms with Gasteiger partial charge in [0.2, 0.25) is 0 Å². The molecule has 0 saturated carbocycles. The largest absolute Gasteiger partial charge is 0.251 e. The van der Waals surface area contributed by atoms with Crippen LogP contribution in [0.2, 0.25) is 0 Å². The third-order valence-electron chi connectivity index (χ3n) is 1.24. The second-order valence-electron chi connectivity index (χ2n) is 2.10. The standard InChI is InChI=1S/C7H15F/c1-2-3-4-5-6-7-8/h2-7H2,1H3. The molecule has 0 aliphatic carbocycles. The van der Waals surface area contributed by atoms with Gasteiger partial charge in [-0.25, -0.2) is 0 Å². The molecule has 0 aliphatic rings. The highest BCUT2D eigenvalue weighted by molar-refractivity contribution is 4.39. The summed E-state index contributed by atoms with van der Waals surface area (Å²) in [5.74, 6) is 0. The highest BCUT2D eigenvalue weighted by atomic mass is 19.1. The van der Waals surface area contributed by atoms with Gasteiger partial charge in [0.1, 0.15) is 0 Å². The quantitative estimate of drug-likeness (QED) is 0.487. The van der Waals surface area contributed by atoms with Crippen molar-refractivity contribution in [3.8, 4) is 0 Å². The van der Waals surface area contributed by atoms with E-state index in [2.05, 4.69) is 6.92 Å². The third-order valence-corrected chi connectivity index (χ3v) is 1.24. The predicted octanol–water partition coefficient (Wildman–Crippen LogP) is 2.93. The molecule has 0 unspecified atom stereocenters. The lowest BCUT2D eigenvalue weighted by molar-refractivity contribution is 0.452. The van der Waals surface area contributed by atoms with Gasteiger partial charge in [0.05, 0.1) is 6.67 Å². The molecule has 0 radical (unpaired) electrons. The summed E-state index contributed by atoms with van der Waals surface area (Å²) in [5.41, 5.74) is 0. The Bertz CT molecular complexity index is 29.4. The fourth-order valence-corrected chi connectivity index (χ4v) is 0.698. The molecule has 0 aromatic carbocycles. The Morgan fingerprint density at radius 1 is 1.00 bits per heavy atom. The fraction of sp³-hybridized carbons (Fsp3) is 1.00. The van der Waals surface area contributed by atoms with Gasteiger partial charge in [-0.3, -0.25) is 4.39 Å². The normalized spacial score (nSPS) is 9.75. The van der Waals surface area contributed by atoms with Crippen molar-refractivity contribution in [3.05, 3.63) is 0 Å². The van der Waals surface area contributed by atoms with Crippen LogP contribution in [-0.2, 0) is 0 Å². The number of rotatable bonds is 5. The molecule has 0 aromatic heterocycles. The van der Waals surface area contributed by atoms with Crippen LogP contribution in [0.25, 0.3) is 0 Å². The molecule has 0 heterocycles. The van der Waals surface area contributed by atoms with E-state index < -0.39 is 0 Å². The summed E-state index contributed by atoms with van der Waals surface area (Å²) in [6, 6.07) is 0. The highest BCUT2D eigenvalue weighted by Crippen LogP contribution is 2.01. The van der Waals surface area contributed by atoms with Crippen LogP contribution in [-0.4, -0.2) is 6.67 Å². The first-order valence-electron chi connectivity index (χ1n) is 3.47. The van der Waals surface area contributed by atoms with Crippen molar-refractivity contribution >= 4 is 0 Å². The maximum Gasteiger partial charge on any atom is 0.0894 e. The van der Waals surface area contributed by atoms with Crippen LogP contribution in [0.1, 0.15) is 39.0 Å². The van der Waals surface area contributed by atoms with Crippen molar-refractivity contribution in [2.24, 2.45) is 0 Å². The Morgan fingerprint density at radius 2 is 1.62 bits per heavy atom. The Labute approximate surface area is 51.1 Å². The summed E-state index contributed by atoms with van der Waals surface area (Å²) in [7, 11) is 0. The summed E-state index contributed by atoms with van der Waals surface area (Å²) in [6.45, 7) is 2.03. The molecule has 0 atom stereocenters. The van der Waals surface area contributed by atoms with Gasteiger partial charge in [0, 0.05) is 0 Å². The van der Waals surface area contributed by atoms with Crippen LogP contribution in [0.3, 0.4) is 0 Å². The third kappa shape index (κ3) is 5.93. The molecular formula is C7H15F. The van der Waals surface area contributed by atoms with Gasteiger partial charge in [-0.05, 0) is 6.42 Å². The van der Waals surface area contributed by atoms with E-state index in [1.54, 1.807) is 0 Å². The number of hydrogen-bond donors (Lipinski definition) is 0. The Kier molecular flexibility index (Phi) is 6.87. The van der Waals surface area contributed by atoms with Crippen molar-refractivity contribution in [2.45, 2.75) is 39.0 Å². The lowest BCUT2D eigenvalue weighted by atomic mass is 10.2. The zero-order chi connectivity index (χ0) is 6.24. The molecule has 0 bridgehead atoms. The van der Waals surface area contributed by atoms with E-state index in [4.69, 9.17) is 0 Å². The fourth-order valence-electron chi connectivity index (χ4n) is 0.698. The highest BCUT2D eigenvalue weighted by Gasteiger charge is 1.84. The van der Waals surface area contributed by atoms with Crippen LogP contribution in [0, 0.1) is 0 Å². The SMILES string of the molecule is CCCCCCCF. The second-order valence-corrected chi connectivity index (χ2v) is 2.10. The van der Waals surface area contributed by atoms with Crippen LogP contribution in [0.4, 0.5) is 4.39 Å². The Balaban J connectivity index is 2.53. The first-order chi connectivity index (χ1) is 3.91. The van der Waals surface area contributed by atoms with Gasteiger partial charge in [-0.2, -0.15) is 0 Å². The van der Waals surface area contributed by atoms with E-state index in [1.165, 1.54) is 19.3 Å². The maximum absolute atomic E-state index is 11.4. The first kappa shape index (κ1) is 7.93. The monoisotopic (exact) mass is 118 g/mol. The molecule has 0 amide bonds. The molecule has 0 N–H and O–H groups in total. The number of halogens is 1. The summed E-state index contributed by atoms with van der Waals surface area (Å²) in [6.07, 6.45) is 5.55. The van der Waals surface area contributed by atoms with Crippen LogP contribution in [0.15, 0.2) is 0 Å². The molecule has 0 aliphatic heterocycles. The van der Waals surface area contributed by atoms with E-state index in [9.17, 15) is 4.39 Å². The van der Waals surface area contributed by atoms with Gasteiger partial charge < -0.3 is 0 Å². The van der Waals surface area contributed by atoms with Crippen molar-refractivity contribution in [1.82, 2.24) is 0 Å². The van der Waals surface area contributed by atoms with Crippen molar-refractivity contribution in [2.75, 3.05) is 6.67 Å². The van der Waals surface area contributed by atoms with E-state index >= 15 is 0 Å². The number of hydrogen-bond acceptors (Lipinski definition) is 0. The lowest BCUT2D eigenvalue weighted by Crippen LogP contribution is -1.77. The molecule has 0 nitrogen and oxygen atoms in total. The van der Waals surface area contributed by atoms with Crippen LogP contribution in [0.5, 0.6) is 0 Å². The average Bonchev–Trinajstić information content (AvgIpc) is 1.81. The lowest BCUT2D eigenvalue weighted by Gasteiger charge is -1.92. The van der Waals surface area contributed by atoms with Gasteiger partial charge in [-0.1, -0.05) is 32.6 Å². The molecule has 0 aromatic rings. The first-order valence-corrected chi connectivity index (χ1v) is 3.47. The molecule has 0 saturated heterocycles. The molecule has 1 heteroatoms. The van der Waals surface area contributed by atoms with Crippen molar-refractivity contribution in [3.63, 3.8) is 0 Å². The number of alkyl halides is 1. The Hall–Kier alpha value is -0.0700. The van der Waals surface area contributed by atoms with E-state index in [1.807, 2.05) is 0 Å². The minimum atomic E-state index is -0.135. The molecular weight excluding hydrogens is 103 g/mol. The topological polar surface area (TPSA) is 0 Å². The molecule has 0 spiro atoms. The van der Waals surface area contributed by atoms with Gasteiger partial charge in [-0.15, -0.1) is 0 Å². The van der Waals surface area contributed by atoms with E-state index in [0.717, 1.165) is 12.8 Å². The second kappa shape index (κ2) is 6.93. The van der Waals surface area contributed by atoms with Crippen molar-refractivity contribution < 1.29 is 4.39 Å². The smallest absolute Gasteiger partial charge is 0.0894 e. The van der Waals surface area contributed by atoms with Crippen LogP contribution >= 0.6 is 0 Å². The van der Waals surface area contributed by atoms with Gasteiger partial charge >= 0.3 is 0 Å². The van der Waals surface area contributed by atoms with Crippen molar-refractivity contribution in [1.29, 1.82) is 0 Å². The molecule has 0 fully saturated rings. The summed E-state index contributed by atoms with van der Waals surface area (Å²) in [5, 5.41) is 0. The van der Waals surface area contributed by atoms with Gasteiger partial charge in [0.15, 0.2) is 0 Å². The summed E-state index contributed by atoms with van der Waals surface area (Å²) in [4.78, 5) is 0. The zero-order valence-electron chi connectivity index (χ0n) is 5.62. The zero-order valence-corrected chi connectivity index (χ0v) is 5.62. The Morgan fingerprint density at radius 3 is 2.12 bits per heavy atom. The van der Waals surface area contributed by atoms with Gasteiger partial charge in [0.25, 0.3) is 0 Å². The predicted molar refractivity (Wildman–Crippen MR) is 34.7 cm³/mol. The minimum Gasteiger partial charge on any atom is -0.251 e. The number of unbranched alkanes of at least 4 members (excludes halogenated alkanes) is 4. The van der Waals surface area contributed by atoms with Crippen LogP contribution < -0.4 is 0 Å².